The molecule has 0 nitrogen and oxygen atoms in total. The highest BCUT2D eigenvalue weighted by atomic mass is 127. The minimum absolute atomic E-state index is 0.100. The van der Waals surface area contributed by atoms with Gasteiger partial charge in [-0.2, -0.15) is 0 Å². The molecule has 0 unspecified atom stereocenters. The molecule has 12 heavy (non-hydrogen) atoms. The maximum Gasteiger partial charge on any atom is 0.155 e. The van der Waals surface area contributed by atoms with Crippen molar-refractivity contribution in [2.24, 2.45) is 0 Å². The summed E-state index contributed by atoms with van der Waals surface area (Å²) >= 11 is 6.87. The van der Waals surface area contributed by atoms with Gasteiger partial charge in [0.05, 0.1) is 4.70 Å². The van der Waals surface area contributed by atoms with Crippen LogP contribution in [0.2, 0.25) is 0 Å². The highest BCUT2D eigenvalue weighted by Crippen LogP contribution is 2.35. The van der Waals surface area contributed by atoms with Crippen LogP contribution in [-0.4, -0.2) is 0 Å². The number of hydrogen-bond acceptors (Lipinski definition) is 1. The molecule has 0 N–H and O–H groups in total. The van der Waals surface area contributed by atoms with E-state index in [0.29, 0.717) is 5.39 Å². The van der Waals surface area contributed by atoms with Gasteiger partial charge in [-0.05, 0) is 44.6 Å². The van der Waals surface area contributed by atoms with Crippen LogP contribution in [0.1, 0.15) is 0 Å². The Morgan fingerprint density at radius 1 is 1.42 bits per heavy atom. The Hall–Kier alpha value is 0.320. The smallest absolute Gasteiger partial charge is 0.155 e. The van der Waals surface area contributed by atoms with E-state index in [1.54, 1.807) is 6.07 Å². The number of thiophene rings is 1. The molecular weight excluding hydrogens is 354 g/mol. The monoisotopic (exact) mass is 356 g/mol. The Morgan fingerprint density at radius 3 is 2.83 bits per heavy atom. The van der Waals surface area contributed by atoms with Crippen LogP contribution in [0, 0.1) is 8.70 Å². The molecule has 0 aliphatic heterocycles. The summed E-state index contributed by atoms with van der Waals surface area (Å²) < 4.78 is 16.0. The SMILES string of the molecule is Fc1c(I)sc2c(Br)cccc12. The predicted molar refractivity (Wildman–Crippen MR) is 62.2 cm³/mol. The van der Waals surface area contributed by atoms with Gasteiger partial charge in [-0.15, -0.1) is 11.3 Å². The second kappa shape index (κ2) is 3.23. The van der Waals surface area contributed by atoms with Crippen molar-refractivity contribution in [3.05, 3.63) is 31.4 Å². The largest absolute Gasteiger partial charge is 0.204 e. The predicted octanol–water partition coefficient (Wildman–Crippen LogP) is 4.41. The minimum Gasteiger partial charge on any atom is -0.204 e. The Balaban J connectivity index is 2.95. The molecule has 2 aromatic rings. The summed E-state index contributed by atoms with van der Waals surface area (Å²) in [5, 5.41) is 0.707. The number of hydrogen-bond donors (Lipinski definition) is 0. The lowest BCUT2D eigenvalue weighted by molar-refractivity contribution is 0.638. The molecule has 1 heterocycles. The number of benzene rings is 1. The topological polar surface area (TPSA) is 0 Å². The lowest BCUT2D eigenvalue weighted by atomic mass is 10.3. The summed E-state index contributed by atoms with van der Waals surface area (Å²) in [5.41, 5.74) is 0. The Kier molecular flexibility index (Phi) is 2.39. The molecule has 0 fully saturated rings. The van der Waals surface area contributed by atoms with Crippen molar-refractivity contribution < 1.29 is 4.39 Å². The van der Waals surface area contributed by atoms with E-state index in [1.807, 2.05) is 34.7 Å². The second-order valence-corrected chi connectivity index (χ2v) is 5.99. The third-order valence-electron chi connectivity index (χ3n) is 1.57. The van der Waals surface area contributed by atoms with Gasteiger partial charge in [0.25, 0.3) is 0 Å². The van der Waals surface area contributed by atoms with E-state index >= 15 is 0 Å². The molecule has 0 saturated heterocycles. The summed E-state index contributed by atoms with van der Waals surface area (Å²) in [6, 6.07) is 5.57. The molecular formula is C8H3BrFIS. The van der Waals surface area contributed by atoms with Crippen LogP contribution in [-0.2, 0) is 0 Å². The Labute approximate surface area is 95.0 Å². The molecule has 0 spiro atoms. The van der Waals surface area contributed by atoms with E-state index in [-0.39, 0.29) is 5.82 Å². The minimum atomic E-state index is -0.100. The fraction of sp³-hybridized carbons (Fsp3) is 0. The van der Waals surface area contributed by atoms with Gasteiger partial charge < -0.3 is 0 Å². The van der Waals surface area contributed by atoms with Crippen LogP contribution in [0.5, 0.6) is 0 Å². The Bertz CT molecular complexity index is 438. The number of halogens is 3. The van der Waals surface area contributed by atoms with Crippen molar-refractivity contribution in [1.82, 2.24) is 0 Å². The molecule has 0 saturated carbocycles. The third-order valence-corrected chi connectivity index (χ3v) is 4.63. The van der Waals surface area contributed by atoms with Gasteiger partial charge in [-0.3, -0.25) is 0 Å². The van der Waals surface area contributed by atoms with E-state index in [0.717, 1.165) is 12.1 Å². The van der Waals surface area contributed by atoms with E-state index in [1.165, 1.54) is 11.3 Å². The molecule has 0 amide bonds. The third kappa shape index (κ3) is 1.29. The van der Waals surface area contributed by atoms with Crippen LogP contribution in [0.15, 0.2) is 22.7 Å². The molecule has 0 bridgehead atoms. The van der Waals surface area contributed by atoms with Crippen molar-refractivity contribution in [3.63, 3.8) is 0 Å². The Morgan fingerprint density at radius 2 is 2.17 bits per heavy atom. The maximum atomic E-state index is 13.3. The number of fused-ring (bicyclic) bond motifs is 1. The first-order valence-corrected chi connectivity index (χ1v) is 5.91. The first-order valence-electron chi connectivity index (χ1n) is 3.22. The van der Waals surface area contributed by atoms with E-state index in [9.17, 15) is 4.39 Å². The molecule has 4 heteroatoms. The highest BCUT2D eigenvalue weighted by molar-refractivity contribution is 14.1. The van der Waals surface area contributed by atoms with Crippen molar-refractivity contribution in [2.45, 2.75) is 0 Å². The van der Waals surface area contributed by atoms with E-state index in [2.05, 4.69) is 15.9 Å². The quantitative estimate of drug-likeness (QED) is 0.613. The highest BCUT2D eigenvalue weighted by Gasteiger charge is 2.10. The van der Waals surface area contributed by atoms with Gasteiger partial charge in [0.2, 0.25) is 0 Å². The lowest BCUT2D eigenvalue weighted by Crippen LogP contribution is -1.70. The number of rotatable bonds is 0. The zero-order valence-electron chi connectivity index (χ0n) is 5.77. The lowest BCUT2D eigenvalue weighted by Gasteiger charge is -1.90. The van der Waals surface area contributed by atoms with Crippen molar-refractivity contribution in [3.8, 4) is 0 Å². The van der Waals surface area contributed by atoms with Crippen LogP contribution in [0.4, 0.5) is 4.39 Å². The zero-order valence-corrected chi connectivity index (χ0v) is 10.3. The van der Waals surface area contributed by atoms with Gasteiger partial charge in [0.1, 0.15) is 2.88 Å². The first-order chi connectivity index (χ1) is 5.70. The standard InChI is InChI=1S/C8H3BrFIS/c9-5-3-1-2-4-6(10)8(11)12-7(4)5/h1-3H. The normalized spacial score (nSPS) is 10.9. The van der Waals surface area contributed by atoms with E-state index in [4.69, 9.17) is 0 Å². The van der Waals surface area contributed by atoms with Gasteiger partial charge in [-0.1, -0.05) is 12.1 Å². The van der Waals surface area contributed by atoms with Gasteiger partial charge in [-0.25, -0.2) is 4.39 Å². The van der Waals surface area contributed by atoms with Crippen LogP contribution >= 0.6 is 49.9 Å². The van der Waals surface area contributed by atoms with Gasteiger partial charge in [0.15, 0.2) is 5.82 Å². The average Bonchev–Trinajstić information content (AvgIpc) is 2.32. The van der Waals surface area contributed by atoms with Crippen molar-refractivity contribution in [2.75, 3.05) is 0 Å². The van der Waals surface area contributed by atoms with Crippen LogP contribution in [0.25, 0.3) is 10.1 Å². The summed E-state index contributed by atoms with van der Waals surface area (Å²) in [6.07, 6.45) is 0. The molecule has 0 atom stereocenters. The molecule has 0 radical (unpaired) electrons. The molecule has 0 aliphatic rings. The second-order valence-electron chi connectivity index (χ2n) is 2.31. The fourth-order valence-corrected chi connectivity index (χ4v) is 3.40. The van der Waals surface area contributed by atoms with Crippen LogP contribution < -0.4 is 0 Å². The molecule has 1 aromatic heterocycles. The van der Waals surface area contributed by atoms with Gasteiger partial charge >= 0.3 is 0 Å². The molecule has 62 valence electrons. The average molecular weight is 357 g/mol. The summed E-state index contributed by atoms with van der Waals surface area (Å²) in [4.78, 5) is 0. The van der Waals surface area contributed by atoms with Gasteiger partial charge in [0, 0.05) is 9.86 Å². The summed E-state index contributed by atoms with van der Waals surface area (Å²) in [5.74, 6) is -0.100. The zero-order chi connectivity index (χ0) is 8.72. The van der Waals surface area contributed by atoms with Crippen molar-refractivity contribution in [1.29, 1.82) is 0 Å². The fourth-order valence-electron chi connectivity index (χ4n) is 1.03. The first kappa shape index (κ1) is 8.90. The van der Waals surface area contributed by atoms with Crippen molar-refractivity contribution >= 4 is 59.9 Å². The van der Waals surface area contributed by atoms with Crippen LogP contribution in [0.3, 0.4) is 0 Å². The summed E-state index contributed by atoms with van der Waals surface area (Å²) in [6.45, 7) is 0. The molecule has 1 aromatic carbocycles. The summed E-state index contributed by atoms with van der Waals surface area (Å²) in [7, 11) is 0. The maximum absolute atomic E-state index is 13.3. The molecule has 0 aliphatic carbocycles. The van der Waals surface area contributed by atoms with E-state index < -0.39 is 0 Å². The molecule has 2 rings (SSSR count).